The van der Waals surface area contributed by atoms with Gasteiger partial charge in [0.15, 0.2) is 0 Å². The van der Waals surface area contributed by atoms with Gasteiger partial charge in [-0.05, 0) is 57.7 Å². The van der Waals surface area contributed by atoms with Gasteiger partial charge in [-0.3, -0.25) is 14.4 Å². The monoisotopic (exact) mass is 595 g/mol. The molecular formula is C32H45N5O6. The molecule has 0 spiro atoms. The van der Waals surface area contributed by atoms with Gasteiger partial charge < -0.3 is 36.4 Å². The highest BCUT2D eigenvalue weighted by Gasteiger charge is 2.36. The van der Waals surface area contributed by atoms with Crippen LogP contribution in [-0.4, -0.2) is 76.7 Å². The summed E-state index contributed by atoms with van der Waals surface area (Å²) in [5, 5.41) is 20.0. The van der Waals surface area contributed by atoms with Crippen molar-refractivity contribution in [1.29, 1.82) is 0 Å². The number of carbonyl (C=O) groups is 4. The molecule has 0 saturated carbocycles. The summed E-state index contributed by atoms with van der Waals surface area (Å²) in [4.78, 5) is 53.0. The Kier molecular flexibility index (Phi) is 12.5. The Morgan fingerprint density at radius 1 is 1.00 bits per heavy atom. The minimum atomic E-state index is -1.34. The van der Waals surface area contributed by atoms with Crippen molar-refractivity contribution in [3.8, 4) is 0 Å². The first-order valence-corrected chi connectivity index (χ1v) is 14.8. The first-order chi connectivity index (χ1) is 20.4. The van der Waals surface area contributed by atoms with Crippen molar-refractivity contribution in [2.24, 2.45) is 5.73 Å². The molecule has 0 aromatic heterocycles. The molecule has 1 aliphatic rings. The highest BCUT2D eigenvalue weighted by molar-refractivity contribution is 5.90. The normalized spacial score (nSPS) is 17.2. The van der Waals surface area contributed by atoms with E-state index in [1.165, 1.54) is 0 Å². The molecule has 1 fully saturated rings. The fourth-order valence-corrected chi connectivity index (χ4v) is 5.01. The third-order valence-corrected chi connectivity index (χ3v) is 7.37. The van der Waals surface area contributed by atoms with Crippen LogP contribution in [0.1, 0.15) is 57.6 Å². The molecule has 1 saturated heterocycles. The maximum Gasteiger partial charge on any atom is 0.408 e. The highest BCUT2D eigenvalue weighted by atomic mass is 16.5. The van der Waals surface area contributed by atoms with Gasteiger partial charge in [0.2, 0.25) is 17.7 Å². The van der Waals surface area contributed by atoms with Crippen LogP contribution >= 0.6 is 0 Å². The molecule has 1 heterocycles. The second-order valence-electron chi connectivity index (χ2n) is 11.9. The van der Waals surface area contributed by atoms with Crippen LogP contribution in [0.5, 0.6) is 0 Å². The van der Waals surface area contributed by atoms with E-state index >= 15 is 0 Å². The molecule has 43 heavy (non-hydrogen) atoms. The van der Waals surface area contributed by atoms with Gasteiger partial charge in [-0.25, -0.2) is 4.79 Å². The SMILES string of the molecule is CC(C)(C)N(C[C@@H](O)[C@H](Cc1ccccc1)NC(=O)[C@H](CC(N)=O)NC(=O)OCc1ccccc1)C(=O)[C@@H]1CCCCN1. The van der Waals surface area contributed by atoms with Gasteiger partial charge in [-0.15, -0.1) is 0 Å². The number of hydrogen-bond acceptors (Lipinski definition) is 7. The number of primary amides is 1. The van der Waals surface area contributed by atoms with Crippen LogP contribution in [0.2, 0.25) is 0 Å². The largest absolute Gasteiger partial charge is 0.445 e. The molecule has 11 heteroatoms. The summed E-state index contributed by atoms with van der Waals surface area (Å²) >= 11 is 0. The topological polar surface area (TPSA) is 163 Å². The zero-order valence-electron chi connectivity index (χ0n) is 25.3. The lowest BCUT2D eigenvalue weighted by Gasteiger charge is -2.41. The number of β-amino-alcohol motifs (C(OH)–C–C–N with tert-alkyl or cyclic N) is 1. The molecular weight excluding hydrogens is 550 g/mol. The number of rotatable bonds is 13. The molecule has 2 aromatic carbocycles. The Bertz CT molecular complexity index is 1200. The van der Waals surface area contributed by atoms with Crippen LogP contribution in [-0.2, 0) is 32.1 Å². The maximum absolute atomic E-state index is 13.6. The smallest absolute Gasteiger partial charge is 0.408 e. The Morgan fingerprint density at radius 3 is 2.19 bits per heavy atom. The molecule has 0 radical (unpaired) electrons. The van der Waals surface area contributed by atoms with Crippen molar-refractivity contribution in [1.82, 2.24) is 20.9 Å². The van der Waals surface area contributed by atoms with Crippen LogP contribution in [0.4, 0.5) is 4.79 Å². The van der Waals surface area contributed by atoms with Crippen LogP contribution in [0, 0.1) is 0 Å². The van der Waals surface area contributed by atoms with Gasteiger partial charge in [-0.1, -0.05) is 67.1 Å². The second kappa shape index (κ2) is 16.0. The van der Waals surface area contributed by atoms with Crippen LogP contribution in [0.15, 0.2) is 60.7 Å². The van der Waals surface area contributed by atoms with Crippen molar-refractivity contribution in [2.75, 3.05) is 13.1 Å². The van der Waals surface area contributed by atoms with Gasteiger partial charge in [0.1, 0.15) is 12.6 Å². The molecule has 3 rings (SSSR count). The van der Waals surface area contributed by atoms with Gasteiger partial charge in [0.25, 0.3) is 0 Å². The van der Waals surface area contributed by atoms with Crippen molar-refractivity contribution in [2.45, 2.75) is 89.3 Å². The van der Waals surface area contributed by atoms with E-state index in [-0.39, 0.29) is 31.5 Å². The predicted molar refractivity (Wildman–Crippen MR) is 163 cm³/mol. The lowest BCUT2D eigenvalue weighted by atomic mass is 9.96. The first kappa shape index (κ1) is 33.5. The molecule has 234 valence electrons. The fourth-order valence-electron chi connectivity index (χ4n) is 5.01. The summed E-state index contributed by atoms with van der Waals surface area (Å²) in [5.74, 6) is -1.61. The lowest BCUT2D eigenvalue weighted by molar-refractivity contribution is -0.141. The Balaban J connectivity index is 1.76. The van der Waals surface area contributed by atoms with Gasteiger partial charge in [0.05, 0.1) is 24.6 Å². The fraction of sp³-hybridized carbons (Fsp3) is 0.500. The maximum atomic E-state index is 13.6. The van der Waals surface area contributed by atoms with E-state index in [1.807, 2.05) is 57.2 Å². The highest BCUT2D eigenvalue weighted by Crippen LogP contribution is 2.20. The van der Waals surface area contributed by atoms with Gasteiger partial charge in [0, 0.05) is 12.1 Å². The van der Waals surface area contributed by atoms with Crippen LogP contribution in [0.25, 0.3) is 0 Å². The Labute approximate surface area is 253 Å². The molecule has 4 atom stereocenters. The number of nitrogens with zero attached hydrogens (tertiary/aromatic N) is 1. The zero-order valence-corrected chi connectivity index (χ0v) is 25.3. The Morgan fingerprint density at radius 2 is 1.63 bits per heavy atom. The number of amides is 4. The van der Waals surface area contributed by atoms with Crippen LogP contribution in [0.3, 0.4) is 0 Å². The molecule has 2 aromatic rings. The number of aliphatic hydroxyl groups is 1. The number of alkyl carbamates (subject to hydrolysis) is 1. The molecule has 1 aliphatic heterocycles. The van der Waals surface area contributed by atoms with E-state index in [1.54, 1.807) is 29.2 Å². The van der Waals surface area contributed by atoms with E-state index in [0.29, 0.717) is 6.42 Å². The molecule has 4 amide bonds. The van der Waals surface area contributed by atoms with E-state index in [2.05, 4.69) is 16.0 Å². The number of nitrogens with one attached hydrogen (secondary N) is 3. The van der Waals surface area contributed by atoms with E-state index < -0.39 is 48.1 Å². The standard InChI is InChI=1S/C32H45N5O6/c1-32(2,3)37(30(41)24-16-10-11-17-34-24)20-27(38)25(18-22-12-6-4-7-13-22)35-29(40)26(19-28(33)39)36-31(42)43-21-23-14-8-5-9-15-23/h4-9,12-15,24-27,34,38H,10-11,16-21H2,1-3H3,(H2,33,39)(H,35,40)(H,36,42)/t24-,25-,26-,27+/m0/s1. The second-order valence-corrected chi connectivity index (χ2v) is 11.9. The summed E-state index contributed by atoms with van der Waals surface area (Å²) < 4.78 is 5.23. The predicted octanol–water partition coefficient (Wildman–Crippen LogP) is 2.01. The van der Waals surface area contributed by atoms with Crippen molar-refractivity contribution in [3.05, 3.63) is 71.8 Å². The number of hydrogen-bond donors (Lipinski definition) is 5. The molecule has 0 bridgehead atoms. The summed E-state index contributed by atoms with van der Waals surface area (Å²) in [7, 11) is 0. The lowest BCUT2D eigenvalue weighted by Crippen LogP contribution is -2.60. The van der Waals surface area contributed by atoms with Crippen LogP contribution < -0.4 is 21.7 Å². The van der Waals surface area contributed by atoms with E-state index in [9.17, 15) is 24.3 Å². The first-order valence-electron chi connectivity index (χ1n) is 14.8. The molecule has 0 aliphatic carbocycles. The third kappa shape index (κ3) is 11.0. The van der Waals surface area contributed by atoms with Gasteiger partial charge >= 0.3 is 6.09 Å². The summed E-state index contributed by atoms with van der Waals surface area (Å²) in [6.45, 7) is 6.40. The van der Waals surface area contributed by atoms with Crippen molar-refractivity contribution < 1.29 is 29.0 Å². The molecule has 0 unspecified atom stereocenters. The summed E-state index contributed by atoms with van der Waals surface area (Å²) in [6.07, 6.45) is 0.368. The number of aliphatic hydroxyl groups excluding tert-OH is 1. The van der Waals surface area contributed by atoms with E-state index in [0.717, 1.165) is 30.5 Å². The average Bonchev–Trinajstić information content (AvgIpc) is 2.98. The minimum Gasteiger partial charge on any atom is -0.445 e. The van der Waals surface area contributed by atoms with Gasteiger partial charge in [-0.2, -0.15) is 0 Å². The quantitative estimate of drug-likeness (QED) is 0.237. The number of piperidine rings is 1. The summed E-state index contributed by atoms with van der Waals surface area (Å²) in [6, 6.07) is 15.8. The van der Waals surface area contributed by atoms with E-state index in [4.69, 9.17) is 10.5 Å². The number of benzene rings is 2. The zero-order chi connectivity index (χ0) is 31.4. The third-order valence-electron chi connectivity index (χ3n) is 7.37. The van der Waals surface area contributed by atoms with Crippen molar-refractivity contribution in [3.63, 3.8) is 0 Å². The minimum absolute atomic E-state index is 0.0283. The number of nitrogens with two attached hydrogens (primary N) is 1. The molecule has 6 N–H and O–H groups in total. The van der Waals surface area contributed by atoms with Crippen molar-refractivity contribution >= 4 is 23.8 Å². The Hall–Kier alpha value is -3.96. The summed E-state index contributed by atoms with van der Waals surface area (Å²) in [5.41, 5.74) is 6.39. The molecule has 11 nitrogen and oxygen atoms in total. The number of ether oxygens (including phenoxy) is 1. The average molecular weight is 596 g/mol. The number of carbonyl (C=O) groups excluding carboxylic acids is 4.